The molecule has 0 aromatic carbocycles. The summed E-state index contributed by atoms with van der Waals surface area (Å²) in [7, 11) is 0. The number of unbranched alkanes of at least 4 members (excludes halogenated alkanes) is 2. The van der Waals surface area contributed by atoms with Gasteiger partial charge in [-0.25, -0.2) is 0 Å². The second kappa shape index (κ2) is 5.75. The molecule has 0 unspecified atom stereocenters. The van der Waals surface area contributed by atoms with Crippen molar-refractivity contribution in [1.82, 2.24) is 5.43 Å². The van der Waals surface area contributed by atoms with Gasteiger partial charge in [-0.3, -0.25) is 4.99 Å². The molecule has 0 bridgehead atoms. The first-order valence-corrected chi connectivity index (χ1v) is 4.72. The number of nitrogens with zero attached hydrogens (tertiary/aromatic N) is 2. The van der Waals surface area contributed by atoms with Gasteiger partial charge in [0.15, 0.2) is 0 Å². The predicted molar refractivity (Wildman–Crippen MR) is 52.9 cm³/mol. The van der Waals surface area contributed by atoms with E-state index in [1.807, 2.05) is 6.21 Å². The number of nitrogens with one attached hydrogen (secondary N) is 1. The Bertz CT molecular complexity index is 173. The number of hydrogen-bond donors (Lipinski definition) is 1. The molecule has 1 aliphatic heterocycles. The summed E-state index contributed by atoms with van der Waals surface area (Å²) in [6, 6.07) is 0. The SMILES string of the molecule is CCCCCNN=C1C=NCC1. The molecule has 0 fully saturated rings. The first kappa shape index (κ1) is 9.23. The lowest BCUT2D eigenvalue weighted by molar-refractivity contribution is 0.639. The van der Waals surface area contributed by atoms with Gasteiger partial charge >= 0.3 is 0 Å². The number of aliphatic imine (C=N–C) groups is 1. The van der Waals surface area contributed by atoms with Gasteiger partial charge in [0.25, 0.3) is 0 Å². The van der Waals surface area contributed by atoms with Crippen LogP contribution in [0.3, 0.4) is 0 Å². The molecule has 3 nitrogen and oxygen atoms in total. The summed E-state index contributed by atoms with van der Waals surface area (Å²) in [6.07, 6.45) is 6.61. The molecule has 1 rings (SSSR count). The quantitative estimate of drug-likeness (QED) is 0.490. The Morgan fingerprint density at radius 2 is 2.50 bits per heavy atom. The van der Waals surface area contributed by atoms with Crippen molar-refractivity contribution in [2.75, 3.05) is 13.1 Å². The first-order valence-electron chi connectivity index (χ1n) is 4.72. The van der Waals surface area contributed by atoms with Gasteiger partial charge in [0.05, 0.1) is 5.71 Å². The molecule has 0 saturated carbocycles. The topological polar surface area (TPSA) is 36.8 Å². The minimum Gasteiger partial charge on any atom is -0.310 e. The molecule has 0 aliphatic carbocycles. The second-order valence-corrected chi connectivity index (χ2v) is 3.00. The maximum atomic E-state index is 4.21. The third-order valence-corrected chi connectivity index (χ3v) is 1.85. The molecule has 0 atom stereocenters. The average molecular weight is 167 g/mol. The van der Waals surface area contributed by atoms with Gasteiger partial charge in [-0.15, -0.1) is 0 Å². The van der Waals surface area contributed by atoms with E-state index in [9.17, 15) is 0 Å². The maximum absolute atomic E-state index is 4.21. The first-order chi connectivity index (χ1) is 5.93. The number of hydrazone groups is 1. The summed E-state index contributed by atoms with van der Waals surface area (Å²) in [5, 5.41) is 4.21. The van der Waals surface area contributed by atoms with Crippen molar-refractivity contribution in [2.24, 2.45) is 10.1 Å². The van der Waals surface area contributed by atoms with Crippen molar-refractivity contribution >= 4 is 11.9 Å². The minimum absolute atomic E-state index is 0.912. The van der Waals surface area contributed by atoms with Crippen LogP contribution in [0.25, 0.3) is 0 Å². The van der Waals surface area contributed by atoms with Gasteiger partial charge in [-0.2, -0.15) is 5.10 Å². The van der Waals surface area contributed by atoms with E-state index < -0.39 is 0 Å². The van der Waals surface area contributed by atoms with Crippen molar-refractivity contribution in [1.29, 1.82) is 0 Å². The molecule has 0 radical (unpaired) electrons. The molecule has 3 heteroatoms. The highest BCUT2D eigenvalue weighted by molar-refractivity contribution is 6.32. The lowest BCUT2D eigenvalue weighted by Crippen LogP contribution is -2.11. The fourth-order valence-corrected chi connectivity index (χ4v) is 1.11. The zero-order chi connectivity index (χ0) is 8.65. The summed E-state index contributed by atoms with van der Waals surface area (Å²) in [4.78, 5) is 4.08. The van der Waals surface area contributed by atoms with E-state index in [1.165, 1.54) is 19.3 Å². The normalized spacial score (nSPS) is 18.9. The van der Waals surface area contributed by atoms with Crippen LogP contribution in [0.4, 0.5) is 0 Å². The van der Waals surface area contributed by atoms with Gasteiger partial charge in [0.1, 0.15) is 0 Å². The van der Waals surface area contributed by atoms with Crippen LogP contribution < -0.4 is 5.43 Å². The lowest BCUT2D eigenvalue weighted by Gasteiger charge is -1.99. The Kier molecular flexibility index (Phi) is 4.42. The zero-order valence-electron chi connectivity index (χ0n) is 7.71. The molecular formula is C9H17N3. The van der Waals surface area contributed by atoms with Crippen LogP contribution in [0.5, 0.6) is 0 Å². The van der Waals surface area contributed by atoms with E-state index in [2.05, 4.69) is 22.4 Å². The Hall–Kier alpha value is -0.860. The van der Waals surface area contributed by atoms with Crippen molar-refractivity contribution < 1.29 is 0 Å². The van der Waals surface area contributed by atoms with Crippen molar-refractivity contribution in [3.63, 3.8) is 0 Å². The van der Waals surface area contributed by atoms with Crippen LogP contribution in [0.1, 0.15) is 32.6 Å². The summed E-state index contributed by atoms with van der Waals surface area (Å²) in [5.74, 6) is 0. The summed E-state index contributed by atoms with van der Waals surface area (Å²) < 4.78 is 0. The molecule has 1 N–H and O–H groups in total. The lowest BCUT2D eigenvalue weighted by atomic mass is 10.2. The molecule has 1 heterocycles. The molecule has 12 heavy (non-hydrogen) atoms. The zero-order valence-corrected chi connectivity index (χ0v) is 7.71. The minimum atomic E-state index is 0.912. The van der Waals surface area contributed by atoms with E-state index in [0.29, 0.717) is 0 Å². The molecule has 0 spiro atoms. The number of rotatable bonds is 5. The van der Waals surface area contributed by atoms with Crippen molar-refractivity contribution in [2.45, 2.75) is 32.6 Å². The number of hydrogen-bond acceptors (Lipinski definition) is 3. The Morgan fingerprint density at radius 3 is 3.17 bits per heavy atom. The fourth-order valence-electron chi connectivity index (χ4n) is 1.11. The average Bonchev–Trinajstić information content (AvgIpc) is 2.57. The van der Waals surface area contributed by atoms with Crippen molar-refractivity contribution in [3.8, 4) is 0 Å². The van der Waals surface area contributed by atoms with Gasteiger partial charge in [0.2, 0.25) is 0 Å². The van der Waals surface area contributed by atoms with Crippen LogP contribution in [0, 0.1) is 0 Å². The predicted octanol–water partition coefficient (Wildman–Crippen LogP) is 1.60. The van der Waals surface area contributed by atoms with E-state index in [4.69, 9.17) is 0 Å². The summed E-state index contributed by atoms with van der Waals surface area (Å²) >= 11 is 0. The molecule has 0 aromatic rings. The Labute approximate surface area is 74.0 Å². The van der Waals surface area contributed by atoms with Gasteiger partial charge in [0, 0.05) is 25.7 Å². The molecule has 0 aromatic heterocycles. The monoisotopic (exact) mass is 167 g/mol. The van der Waals surface area contributed by atoms with Crippen LogP contribution in [0.2, 0.25) is 0 Å². The van der Waals surface area contributed by atoms with E-state index in [1.54, 1.807) is 0 Å². The third-order valence-electron chi connectivity index (χ3n) is 1.85. The van der Waals surface area contributed by atoms with E-state index >= 15 is 0 Å². The van der Waals surface area contributed by atoms with Crippen LogP contribution in [-0.2, 0) is 0 Å². The molecule has 1 aliphatic rings. The molecule has 0 saturated heterocycles. The maximum Gasteiger partial charge on any atom is 0.0799 e. The van der Waals surface area contributed by atoms with Gasteiger partial charge < -0.3 is 5.43 Å². The molecular weight excluding hydrogens is 150 g/mol. The van der Waals surface area contributed by atoms with E-state index in [-0.39, 0.29) is 0 Å². The smallest absolute Gasteiger partial charge is 0.0799 e. The van der Waals surface area contributed by atoms with E-state index in [0.717, 1.165) is 25.2 Å². The standard InChI is InChI=1S/C9H17N3/c1-2-3-4-6-11-12-9-5-7-10-8-9/h8,11H,2-7H2,1H3. The third kappa shape index (κ3) is 3.51. The highest BCUT2D eigenvalue weighted by Crippen LogP contribution is 1.94. The van der Waals surface area contributed by atoms with Crippen LogP contribution in [-0.4, -0.2) is 25.0 Å². The van der Waals surface area contributed by atoms with Gasteiger partial charge in [-0.1, -0.05) is 19.8 Å². The summed E-state index contributed by atoms with van der Waals surface area (Å²) in [6.45, 7) is 4.11. The van der Waals surface area contributed by atoms with Crippen molar-refractivity contribution in [3.05, 3.63) is 0 Å². The fraction of sp³-hybridized carbons (Fsp3) is 0.778. The molecule has 68 valence electrons. The summed E-state index contributed by atoms with van der Waals surface area (Å²) in [5.41, 5.74) is 4.15. The Balaban J connectivity index is 2.00. The van der Waals surface area contributed by atoms with Gasteiger partial charge in [-0.05, 0) is 6.42 Å². The van der Waals surface area contributed by atoms with Crippen LogP contribution >= 0.6 is 0 Å². The molecule has 0 amide bonds. The highest BCUT2D eigenvalue weighted by atomic mass is 15.3. The Morgan fingerprint density at radius 1 is 1.58 bits per heavy atom. The van der Waals surface area contributed by atoms with Crippen LogP contribution in [0.15, 0.2) is 10.1 Å². The second-order valence-electron chi connectivity index (χ2n) is 3.00. The largest absolute Gasteiger partial charge is 0.310 e. The highest BCUT2D eigenvalue weighted by Gasteiger charge is 2.00.